The monoisotopic (exact) mass is 584 g/mol. The van der Waals surface area contributed by atoms with Crippen molar-refractivity contribution in [3.8, 4) is 20.9 Å². The second-order valence-electron chi connectivity index (χ2n) is 7.36. The maximum absolute atomic E-state index is 14.3. The Morgan fingerprint density at radius 2 is 0.611 bits per heavy atom. The lowest BCUT2D eigenvalue weighted by molar-refractivity contribution is 0.381. The lowest BCUT2D eigenvalue weighted by Gasteiger charge is -2.06. The van der Waals surface area contributed by atoms with Gasteiger partial charge >= 0.3 is 0 Å². The highest BCUT2D eigenvalue weighted by atomic mass is 32.1. The number of fused-ring (bicyclic) bond motifs is 5. The fourth-order valence-corrected chi connectivity index (χ4v) is 9.42. The molecule has 0 aliphatic carbocycles. The Labute approximate surface area is 208 Å². The largest absolute Gasteiger partial charge is 0.203 e. The zero-order valence-corrected chi connectivity index (χ0v) is 19.8. The zero-order chi connectivity index (χ0) is 25.8. The lowest BCUT2D eigenvalue weighted by Crippen LogP contribution is -2.03. The molecular formula is C22H2F10S4. The van der Waals surface area contributed by atoms with E-state index in [0.29, 0.717) is 28.2 Å². The molecule has 184 valence electrons. The van der Waals surface area contributed by atoms with Crippen molar-refractivity contribution in [1.82, 2.24) is 0 Å². The van der Waals surface area contributed by atoms with Crippen LogP contribution in [0.2, 0.25) is 0 Å². The van der Waals surface area contributed by atoms with Gasteiger partial charge in [0.15, 0.2) is 46.5 Å². The highest BCUT2D eigenvalue weighted by Gasteiger charge is 2.30. The van der Waals surface area contributed by atoms with Crippen LogP contribution in [0.15, 0.2) is 12.1 Å². The van der Waals surface area contributed by atoms with Crippen LogP contribution in [-0.2, 0) is 0 Å². The molecule has 0 aliphatic rings. The first-order valence-corrected chi connectivity index (χ1v) is 12.7. The predicted octanol–water partition coefficient (Wildman–Crippen LogP) is 10.1. The molecule has 0 bridgehead atoms. The van der Waals surface area contributed by atoms with Crippen molar-refractivity contribution in [1.29, 1.82) is 0 Å². The second-order valence-corrected chi connectivity index (χ2v) is 11.6. The summed E-state index contributed by atoms with van der Waals surface area (Å²) in [6, 6.07) is 2.53. The highest BCUT2D eigenvalue weighted by molar-refractivity contribution is 7.45. The van der Waals surface area contributed by atoms with Gasteiger partial charge in [-0.2, -0.15) is 0 Å². The van der Waals surface area contributed by atoms with Crippen molar-refractivity contribution in [2.24, 2.45) is 0 Å². The third-order valence-corrected chi connectivity index (χ3v) is 10.6. The van der Waals surface area contributed by atoms with Gasteiger partial charge in [-0.05, 0) is 12.1 Å². The van der Waals surface area contributed by atoms with Crippen LogP contribution in [0.25, 0.3) is 49.1 Å². The molecule has 0 atom stereocenters. The maximum atomic E-state index is 14.3. The van der Waals surface area contributed by atoms with Crippen LogP contribution < -0.4 is 0 Å². The number of halogens is 10. The van der Waals surface area contributed by atoms with E-state index in [4.69, 9.17) is 0 Å². The topological polar surface area (TPSA) is 0 Å². The van der Waals surface area contributed by atoms with E-state index in [-0.39, 0.29) is 9.75 Å². The van der Waals surface area contributed by atoms with Crippen molar-refractivity contribution in [2.75, 3.05) is 0 Å². The Bertz CT molecular complexity index is 1710. The molecule has 0 amide bonds. The normalized spacial score (nSPS) is 12.2. The van der Waals surface area contributed by atoms with E-state index < -0.39 is 69.3 Å². The predicted molar refractivity (Wildman–Crippen MR) is 121 cm³/mol. The molecule has 6 aromatic rings. The fourth-order valence-electron chi connectivity index (χ4n) is 3.72. The summed E-state index contributed by atoms with van der Waals surface area (Å²) < 4.78 is 142. The minimum atomic E-state index is -2.27. The van der Waals surface area contributed by atoms with Gasteiger partial charge in [0.25, 0.3) is 0 Å². The van der Waals surface area contributed by atoms with E-state index in [2.05, 4.69) is 0 Å². The van der Waals surface area contributed by atoms with Crippen LogP contribution >= 0.6 is 45.3 Å². The maximum Gasteiger partial charge on any atom is 0.200 e. The Hall–Kier alpha value is -2.68. The van der Waals surface area contributed by atoms with Gasteiger partial charge < -0.3 is 0 Å². The van der Waals surface area contributed by atoms with Gasteiger partial charge in [-0.1, -0.05) is 0 Å². The second kappa shape index (κ2) is 7.91. The Morgan fingerprint density at radius 1 is 0.333 bits per heavy atom. The van der Waals surface area contributed by atoms with Crippen molar-refractivity contribution in [3.63, 3.8) is 0 Å². The van der Waals surface area contributed by atoms with E-state index in [1.54, 1.807) is 0 Å². The summed E-state index contributed by atoms with van der Waals surface area (Å²) in [7, 11) is 0. The number of hydrogen-bond acceptors (Lipinski definition) is 4. The first kappa shape index (κ1) is 23.7. The molecule has 2 aromatic carbocycles. The number of hydrogen-bond donors (Lipinski definition) is 0. The van der Waals surface area contributed by atoms with Gasteiger partial charge in [0.05, 0.1) is 29.9 Å². The Kier molecular flexibility index (Phi) is 5.21. The lowest BCUT2D eigenvalue weighted by atomic mass is 10.1. The summed E-state index contributed by atoms with van der Waals surface area (Å²) >= 11 is 3.78. The van der Waals surface area contributed by atoms with Gasteiger partial charge in [-0.15, -0.1) is 45.3 Å². The van der Waals surface area contributed by atoms with E-state index in [1.165, 1.54) is 12.1 Å². The van der Waals surface area contributed by atoms with Gasteiger partial charge in [-0.3, -0.25) is 0 Å². The highest BCUT2D eigenvalue weighted by Crippen LogP contribution is 2.53. The molecule has 0 unspecified atom stereocenters. The third-order valence-electron chi connectivity index (χ3n) is 5.35. The summed E-state index contributed by atoms with van der Waals surface area (Å²) in [5.41, 5.74) is -2.11. The first-order chi connectivity index (χ1) is 17.0. The van der Waals surface area contributed by atoms with E-state index in [0.717, 1.165) is 45.3 Å². The summed E-state index contributed by atoms with van der Waals surface area (Å²) in [4.78, 5) is -0.380. The fraction of sp³-hybridized carbons (Fsp3) is 0. The molecule has 0 aliphatic heterocycles. The zero-order valence-electron chi connectivity index (χ0n) is 16.6. The van der Waals surface area contributed by atoms with E-state index in [1.807, 2.05) is 0 Å². The van der Waals surface area contributed by atoms with Gasteiger partial charge in [-0.25, -0.2) is 43.9 Å². The molecule has 4 heterocycles. The minimum absolute atomic E-state index is 0.190. The van der Waals surface area contributed by atoms with Crippen LogP contribution in [0, 0.1) is 58.2 Å². The van der Waals surface area contributed by atoms with Crippen LogP contribution in [0.1, 0.15) is 0 Å². The first-order valence-electron chi connectivity index (χ1n) is 9.43. The molecule has 0 saturated carbocycles. The van der Waals surface area contributed by atoms with Crippen molar-refractivity contribution in [3.05, 3.63) is 70.3 Å². The number of benzene rings is 2. The molecule has 0 nitrogen and oxygen atoms in total. The Morgan fingerprint density at radius 3 is 0.917 bits per heavy atom. The quantitative estimate of drug-likeness (QED) is 0.108. The van der Waals surface area contributed by atoms with Gasteiger partial charge in [0.2, 0.25) is 11.6 Å². The molecule has 0 N–H and O–H groups in total. The molecular weight excluding hydrogens is 582 g/mol. The SMILES string of the molecule is Fc1c(F)c(F)c(-c2cc3sc4c5sc(-c6c(F)c(F)c(F)c(F)c6F)cc5sc4c3s2)c(F)c1F. The number of rotatable bonds is 2. The number of thiophene rings is 4. The molecule has 6 rings (SSSR count). The van der Waals surface area contributed by atoms with Crippen LogP contribution in [0.5, 0.6) is 0 Å². The molecule has 0 radical (unpaired) electrons. The van der Waals surface area contributed by atoms with Gasteiger partial charge in [0.1, 0.15) is 0 Å². The van der Waals surface area contributed by atoms with Crippen LogP contribution in [-0.4, -0.2) is 0 Å². The van der Waals surface area contributed by atoms with Crippen LogP contribution in [0.3, 0.4) is 0 Å². The molecule has 0 saturated heterocycles. The molecule has 36 heavy (non-hydrogen) atoms. The molecule has 0 fully saturated rings. The summed E-state index contributed by atoms with van der Waals surface area (Å²) in [5, 5.41) is 0. The van der Waals surface area contributed by atoms with Crippen LogP contribution in [0.4, 0.5) is 43.9 Å². The third kappa shape index (κ3) is 3.04. The molecule has 4 aromatic heterocycles. The summed E-state index contributed by atoms with van der Waals surface area (Å²) in [6.07, 6.45) is 0. The summed E-state index contributed by atoms with van der Waals surface area (Å²) in [6.45, 7) is 0. The van der Waals surface area contributed by atoms with E-state index >= 15 is 0 Å². The van der Waals surface area contributed by atoms with Crippen molar-refractivity contribution < 1.29 is 43.9 Å². The van der Waals surface area contributed by atoms with Crippen molar-refractivity contribution in [2.45, 2.75) is 0 Å². The average Bonchev–Trinajstić information content (AvgIpc) is 3.58. The smallest absolute Gasteiger partial charge is 0.200 e. The van der Waals surface area contributed by atoms with Crippen molar-refractivity contribution >= 4 is 73.5 Å². The van der Waals surface area contributed by atoms with Gasteiger partial charge in [0, 0.05) is 19.2 Å². The molecule has 0 spiro atoms. The molecule has 14 heteroatoms. The average molecular weight is 585 g/mol. The van der Waals surface area contributed by atoms with E-state index in [9.17, 15) is 43.9 Å². The summed E-state index contributed by atoms with van der Waals surface area (Å²) in [5.74, 6) is -20.6. The Balaban J connectivity index is 1.53. The standard InChI is InChI=1S/C22H2F10S4/c23-9-7(10(24)14(28)17(31)13(9)27)3-1-5-19(33-3)21-22(35-5)20-6(36-21)2-4(34-20)8-11(25)15(29)18(32)16(30)12(8)26/h1-2H. The minimum Gasteiger partial charge on any atom is -0.203 e.